The number of halogens is 2. The minimum Gasteiger partial charge on any atom is -0.341 e. The quantitative estimate of drug-likeness (QED) is 0.587. The summed E-state index contributed by atoms with van der Waals surface area (Å²) in [7, 11) is 0. The summed E-state index contributed by atoms with van der Waals surface area (Å²) in [5.74, 6) is 0. The van der Waals surface area contributed by atoms with Gasteiger partial charge in [0.2, 0.25) is 0 Å². The molecular formula is C17H17Br2N. The van der Waals surface area contributed by atoms with Crippen molar-refractivity contribution in [2.75, 3.05) is 11.4 Å². The summed E-state index contributed by atoms with van der Waals surface area (Å²) >= 11 is 7.21. The molecule has 0 radical (unpaired) electrons. The second kappa shape index (κ2) is 5.90. The van der Waals surface area contributed by atoms with Gasteiger partial charge in [-0.15, -0.1) is 0 Å². The Morgan fingerprint density at radius 3 is 2.75 bits per heavy atom. The van der Waals surface area contributed by atoms with Crippen molar-refractivity contribution < 1.29 is 0 Å². The van der Waals surface area contributed by atoms with Crippen LogP contribution in [0.1, 0.15) is 23.1 Å². The molecule has 0 spiro atoms. The van der Waals surface area contributed by atoms with E-state index in [2.05, 4.69) is 80.1 Å². The average Bonchev–Trinajstić information content (AvgIpc) is 2.46. The van der Waals surface area contributed by atoms with E-state index in [0.29, 0.717) is 0 Å². The van der Waals surface area contributed by atoms with Crippen LogP contribution in [0.3, 0.4) is 0 Å². The topological polar surface area (TPSA) is 3.24 Å². The van der Waals surface area contributed by atoms with Gasteiger partial charge in [0.1, 0.15) is 0 Å². The Bertz CT molecular complexity index is 637. The number of rotatable bonds is 2. The first-order valence-electron chi connectivity index (χ1n) is 6.90. The largest absolute Gasteiger partial charge is 0.341 e. The molecule has 0 aliphatic carbocycles. The molecule has 0 atom stereocenters. The predicted molar refractivity (Wildman–Crippen MR) is 93.3 cm³/mol. The van der Waals surface area contributed by atoms with Crippen molar-refractivity contribution in [1.82, 2.24) is 0 Å². The van der Waals surface area contributed by atoms with Gasteiger partial charge >= 0.3 is 0 Å². The van der Waals surface area contributed by atoms with E-state index < -0.39 is 0 Å². The number of alkyl halides is 1. The summed E-state index contributed by atoms with van der Waals surface area (Å²) in [6.45, 7) is 3.26. The summed E-state index contributed by atoms with van der Waals surface area (Å²) < 4.78 is 1.14. The van der Waals surface area contributed by atoms with Crippen molar-refractivity contribution >= 4 is 43.2 Å². The van der Waals surface area contributed by atoms with Gasteiger partial charge in [0, 0.05) is 27.7 Å². The molecule has 0 fully saturated rings. The highest BCUT2D eigenvalue weighted by Crippen LogP contribution is 2.37. The second-order valence-corrected chi connectivity index (χ2v) is 6.77. The fourth-order valence-corrected chi connectivity index (χ4v) is 3.70. The smallest absolute Gasteiger partial charge is 0.0463 e. The summed E-state index contributed by atoms with van der Waals surface area (Å²) in [5, 5.41) is 0.882. The molecule has 2 aromatic carbocycles. The number of benzene rings is 2. The number of hydrogen-bond acceptors (Lipinski definition) is 1. The van der Waals surface area contributed by atoms with Crippen LogP contribution < -0.4 is 4.90 Å². The van der Waals surface area contributed by atoms with Gasteiger partial charge in [-0.05, 0) is 49.1 Å². The van der Waals surface area contributed by atoms with Crippen molar-refractivity contribution in [2.45, 2.75) is 25.1 Å². The SMILES string of the molecule is Cc1ccc2c(c1)CCCN2c1cc(Br)ccc1CBr. The molecule has 0 bridgehead atoms. The molecule has 1 nitrogen and oxygen atoms in total. The van der Waals surface area contributed by atoms with Gasteiger partial charge in [-0.1, -0.05) is 55.6 Å². The van der Waals surface area contributed by atoms with Gasteiger partial charge in [0.25, 0.3) is 0 Å². The first-order chi connectivity index (χ1) is 9.69. The van der Waals surface area contributed by atoms with Crippen LogP contribution in [0, 0.1) is 6.92 Å². The molecule has 3 rings (SSSR count). The summed E-state index contributed by atoms with van der Waals surface area (Å²) in [6, 6.07) is 13.3. The zero-order chi connectivity index (χ0) is 14.1. The number of anilines is 2. The highest BCUT2D eigenvalue weighted by atomic mass is 79.9. The van der Waals surface area contributed by atoms with Crippen molar-refractivity contribution in [1.29, 1.82) is 0 Å². The number of nitrogens with zero attached hydrogens (tertiary/aromatic N) is 1. The van der Waals surface area contributed by atoms with Crippen LogP contribution in [0.25, 0.3) is 0 Å². The Morgan fingerprint density at radius 2 is 1.95 bits per heavy atom. The molecule has 2 aromatic rings. The molecule has 3 heteroatoms. The zero-order valence-electron chi connectivity index (χ0n) is 11.5. The fraction of sp³-hybridized carbons (Fsp3) is 0.294. The molecule has 1 heterocycles. The van der Waals surface area contributed by atoms with Crippen molar-refractivity contribution in [3.63, 3.8) is 0 Å². The van der Waals surface area contributed by atoms with Gasteiger partial charge < -0.3 is 4.90 Å². The Kier molecular flexibility index (Phi) is 4.18. The van der Waals surface area contributed by atoms with Crippen LogP contribution in [0.2, 0.25) is 0 Å². The van der Waals surface area contributed by atoms with Crippen LogP contribution in [-0.2, 0) is 11.8 Å². The Labute approximate surface area is 137 Å². The normalized spacial score (nSPS) is 14.2. The molecule has 0 saturated heterocycles. The predicted octanol–water partition coefficient (Wildman–Crippen LogP) is 5.74. The van der Waals surface area contributed by atoms with Gasteiger partial charge in [0.05, 0.1) is 0 Å². The molecule has 0 aromatic heterocycles. The van der Waals surface area contributed by atoms with Crippen LogP contribution in [0.4, 0.5) is 11.4 Å². The molecule has 1 aliphatic heterocycles. The van der Waals surface area contributed by atoms with E-state index in [1.165, 1.54) is 40.9 Å². The molecular weight excluding hydrogens is 378 g/mol. The first-order valence-corrected chi connectivity index (χ1v) is 8.82. The second-order valence-electron chi connectivity index (χ2n) is 5.29. The summed E-state index contributed by atoms with van der Waals surface area (Å²) in [4.78, 5) is 2.46. The zero-order valence-corrected chi connectivity index (χ0v) is 14.7. The van der Waals surface area contributed by atoms with E-state index in [0.717, 1.165) is 16.3 Å². The average molecular weight is 395 g/mol. The number of hydrogen-bond donors (Lipinski definition) is 0. The van der Waals surface area contributed by atoms with E-state index in [1.807, 2.05) is 0 Å². The third-order valence-corrected chi connectivity index (χ3v) is 4.93. The van der Waals surface area contributed by atoms with Crippen LogP contribution in [0.5, 0.6) is 0 Å². The maximum Gasteiger partial charge on any atom is 0.0463 e. The molecule has 1 aliphatic rings. The number of aryl methyl sites for hydroxylation is 2. The number of fused-ring (bicyclic) bond motifs is 1. The molecule has 0 saturated carbocycles. The molecule has 0 unspecified atom stereocenters. The van der Waals surface area contributed by atoms with Crippen LogP contribution >= 0.6 is 31.9 Å². The first kappa shape index (κ1) is 14.2. The molecule has 20 heavy (non-hydrogen) atoms. The minimum atomic E-state index is 0.882. The van der Waals surface area contributed by atoms with Gasteiger partial charge in [-0.3, -0.25) is 0 Å². The summed E-state index contributed by atoms with van der Waals surface area (Å²) in [5.41, 5.74) is 6.82. The summed E-state index contributed by atoms with van der Waals surface area (Å²) in [6.07, 6.45) is 2.40. The Balaban J connectivity index is 2.11. The van der Waals surface area contributed by atoms with Crippen LogP contribution in [0.15, 0.2) is 40.9 Å². The van der Waals surface area contributed by atoms with E-state index in [1.54, 1.807) is 0 Å². The fourth-order valence-electron chi connectivity index (χ4n) is 2.88. The van der Waals surface area contributed by atoms with E-state index in [4.69, 9.17) is 0 Å². The van der Waals surface area contributed by atoms with Crippen molar-refractivity contribution in [3.8, 4) is 0 Å². The lowest BCUT2D eigenvalue weighted by Gasteiger charge is -2.33. The Hall–Kier alpha value is -0.800. The Morgan fingerprint density at radius 1 is 1.10 bits per heavy atom. The van der Waals surface area contributed by atoms with Gasteiger partial charge in [-0.2, -0.15) is 0 Å². The maximum atomic E-state index is 3.61. The molecule has 104 valence electrons. The van der Waals surface area contributed by atoms with Crippen LogP contribution in [-0.4, -0.2) is 6.54 Å². The van der Waals surface area contributed by atoms with Crippen molar-refractivity contribution in [3.05, 3.63) is 57.6 Å². The molecule has 0 N–H and O–H groups in total. The lowest BCUT2D eigenvalue weighted by atomic mass is 9.98. The lowest BCUT2D eigenvalue weighted by Crippen LogP contribution is -2.25. The monoisotopic (exact) mass is 393 g/mol. The van der Waals surface area contributed by atoms with Crippen molar-refractivity contribution in [2.24, 2.45) is 0 Å². The highest BCUT2D eigenvalue weighted by molar-refractivity contribution is 9.10. The minimum absolute atomic E-state index is 0.882. The third-order valence-electron chi connectivity index (χ3n) is 3.84. The standard InChI is InChI=1S/C17H17Br2N/c1-12-4-7-16-13(9-12)3-2-8-20(16)17-10-15(19)6-5-14(17)11-18/h4-7,9-10H,2-3,8,11H2,1H3. The molecule has 0 amide bonds. The van der Waals surface area contributed by atoms with E-state index in [-0.39, 0.29) is 0 Å². The highest BCUT2D eigenvalue weighted by Gasteiger charge is 2.20. The van der Waals surface area contributed by atoms with Gasteiger partial charge in [-0.25, -0.2) is 0 Å². The third kappa shape index (κ3) is 2.66. The lowest BCUT2D eigenvalue weighted by molar-refractivity contribution is 0.764. The van der Waals surface area contributed by atoms with E-state index in [9.17, 15) is 0 Å². The van der Waals surface area contributed by atoms with E-state index >= 15 is 0 Å². The maximum absolute atomic E-state index is 3.61. The van der Waals surface area contributed by atoms with Gasteiger partial charge in [0.15, 0.2) is 0 Å².